The fourth-order valence-electron chi connectivity index (χ4n) is 2.72. The van der Waals surface area contributed by atoms with Gasteiger partial charge in [-0.3, -0.25) is 4.79 Å². The SMILES string of the molecule is Cc1ccc(NC(=O)c2cccc3c2NCCC3)cc1C. The highest BCUT2D eigenvalue weighted by atomic mass is 16.1. The topological polar surface area (TPSA) is 41.1 Å². The van der Waals surface area contributed by atoms with Gasteiger partial charge in [-0.25, -0.2) is 0 Å². The van der Waals surface area contributed by atoms with E-state index in [4.69, 9.17) is 0 Å². The largest absolute Gasteiger partial charge is 0.384 e. The zero-order chi connectivity index (χ0) is 14.8. The molecular formula is C18H20N2O. The molecule has 0 spiro atoms. The lowest BCUT2D eigenvalue weighted by Gasteiger charge is -2.20. The van der Waals surface area contributed by atoms with E-state index in [2.05, 4.69) is 30.5 Å². The minimum absolute atomic E-state index is 0.0514. The quantitative estimate of drug-likeness (QED) is 0.875. The summed E-state index contributed by atoms with van der Waals surface area (Å²) in [6, 6.07) is 11.9. The number of rotatable bonds is 2. The summed E-state index contributed by atoms with van der Waals surface area (Å²) in [7, 11) is 0. The van der Waals surface area contributed by atoms with Crippen LogP contribution in [0, 0.1) is 13.8 Å². The van der Waals surface area contributed by atoms with Gasteiger partial charge >= 0.3 is 0 Å². The number of amides is 1. The summed E-state index contributed by atoms with van der Waals surface area (Å²) in [5, 5.41) is 6.36. The van der Waals surface area contributed by atoms with E-state index in [9.17, 15) is 4.79 Å². The van der Waals surface area contributed by atoms with Crippen LogP contribution in [0.4, 0.5) is 11.4 Å². The molecule has 2 aromatic rings. The Morgan fingerprint density at radius 3 is 2.81 bits per heavy atom. The van der Waals surface area contributed by atoms with E-state index in [1.807, 2.05) is 30.3 Å². The fraction of sp³-hybridized carbons (Fsp3) is 0.278. The highest BCUT2D eigenvalue weighted by molar-refractivity contribution is 6.08. The van der Waals surface area contributed by atoms with Crippen molar-refractivity contribution in [2.24, 2.45) is 0 Å². The van der Waals surface area contributed by atoms with Crippen molar-refractivity contribution in [1.29, 1.82) is 0 Å². The molecule has 0 bridgehead atoms. The molecule has 0 fully saturated rings. The number of anilines is 2. The van der Waals surface area contributed by atoms with E-state index in [1.165, 1.54) is 16.7 Å². The van der Waals surface area contributed by atoms with Gasteiger partial charge in [0.2, 0.25) is 0 Å². The lowest BCUT2D eigenvalue weighted by Crippen LogP contribution is -2.19. The normalized spacial score (nSPS) is 13.2. The van der Waals surface area contributed by atoms with E-state index in [1.54, 1.807) is 0 Å². The van der Waals surface area contributed by atoms with Crippen LogP contribution in [0.1, 0.15) is 33.5 Å². The van der Waals surface area contributed by atoms with Gasteiger partial charge in [0.1, 0.15) is 0 Å². The van der Waals surface area contributed by atoms with Crippen molar-refractivity contribution >= 4 is 17.3 Å². The molecular weight excluding hydrogens is 260 g/mol. The number of para-hydroxylation sites is 1. The summed E-state index contributed by atoms with van der Waals surface area (Å²) >= 11 is 0. The molecule has 3 rings (SSSR count). The zero-order valence-corrected chi connectivity index (χ0v) is 12.5. The minimum atomic E-state index is -0.0514. The molecule has 0 radical (unpaired) electrons. The predicted octanol–water partition coefficient (Wildman–Crippen LogP) is 3.91. The third-order valence-corrected chi connectivity index (χ3v) is 4.08. The van der Waals surface area contributed by atoms with Crippen molar-refractivity contribution in [3.63, 3.8) is 0 Å². The molecule has 2 aromatic carbocycles. The number of carbonyl (C=O) groups is 1. The Hall–Kier alpha value is -2.29. The van der Waals surface area contributed by atoms with Crippen molar-refractivity contribution in [2.75, 3.05) is 17.2 Å². The van der Waals surface area contributed by atoms with Crippen molar-refractivity contribution in [1.82, 2.24) is 0 Å². The summed E-state index contributed by atoms with van der Waals surface area (Å²) in [6.45, 7) is 5.05. The van der Waals surface area contributed by atoms with E-state index >= 15 is 0 Å². The first-order valence-corrected chi connectivity index (χ1v) is 7.39. The average molecular weight is 280 g/mol. The van der Waals surface area contributed by atoms with Crippen LogP contribution in [-0.2, 0) is 6.42 Å². The van der Waals surface area contributed by atoms with Crippen LogP contribution in [0.25, 0.3) is 0 Å². The third kappa shape index (κ3) is 2.77. The number of nitrogens with one attached hydrogen (secondary N) is 2. The van der Waals surface area contributed by atoms with Crippen molar-refractivity contribution in [3.05, 3.63) is 58.7 Å². The smallest absolute Gasteiger partial charge is 0.257 e. The first-order valence-electron chi connectivity index (χ1n) is 7.39. The first kappa shape index (κ1) is 13.7. The Morgan fingerprint density at radius 1 is 1.14 bits per heavy atom. The molecule has 0 unspecified atom stereocenters. The van der Waals surface area contributed by atoms with Crippen LogP contribution in [-0.4, -0.2) is 12.5 Å². The van der Waals surface area contributed by atoms with Crippen LogP contribution in [0.2, 0.25) is 0 Å². The monoisotopic (exact) mass is 280 g/mol. The third-order valence-electron chi connectivity index (χ3n) is 4.08. The molecule has 1 aliphatic rings. The number of fused-ring (bicyclic) bond motifs is 1. The lowest BCUT2D eigenvalue weighted by molar-refractivity contribution is 0.102. The Bertz CT molecular complexity index is 692. The first-order chi connectivity index (χ1) is 10.1. The van der Waals surface area contributed by atoms with Gasteiger partial charge in [-0.1, -0.05) is 18.2 Å². The van der Waals surface area contributed by atoms with Gasteiger partial charge in [0.15, 0.2) is 0 Å². The molecule has 108 valence electrons. The van der Waals surface area contributed by atoms with Gasteiger partial charge in [-0.15, -0.1) is 0 Å². The summed E-state index contributed by atoms with van der Waals surface area (Å²) in [4.78, 5) is 12.5. The van der Waals surface area contributed by atoms with Gasteiger partial charge in [0.25, 0.3) is 5.91 Å². The average Bonchev–Trinajstić information content (AvgIpc) is 2.50. The van der Waals surface area contributed by atoms with Gasteiger partial charge in [0, 0.05) is 12.2 Å². The highest BCUT2D eigenvalue weighted by Gasteiger charge is 2.17. The van der Waals surface area contributed by atoms with E-state index in [-0.39, 0.29) is 5.91 Å². The molecule has 1 aliphatic heterocycles. The molecule has 0 saturated heterocycles. The maximum absolute atomic E-state index is 12.5. The van der Waals surface area contributed by atoms with E-state index < -0.39 is 0 Å². The van der Waals surface area contributed by atoms with Gasteiger partial charge in [0.05, 0.1) is 11.3 Å². The second-order valence-electron chi connectivity index (χ2n) is 5.62. The van der Waals surface area contributed by atoms with Crippen molar-refractivity contribution < 1.29 is 4.79 Å². The summed E-state index contributed by atoms with van der Waals surface area (Å²) in [6.07, 6.45) is 2.16. The molecule has 0 aromatic heterocycles. The number of aryl methyl sites for hydroxylation is 3. The Balaban J connectivity index is 1.87. The lowest BCUT2D eigenvalue weighted by atomic mass is 9.99. The van der Waals surface area contributed by atoms with Crippen LogP contribution in [0.3, 0.4) is 0 Å². The number of benzene rings is 2. The van der Waals surface area contributed by atoms with Gasteiger partial charge < -0.3 is 10.6 Å². The van der Waals surface area contributed by atoms with Crippen LogP contribution in [0.5, 0.6) is 0 Å². The van der Waals surface area contributed by atoms with E-state index in [0.717, 1.165) is 36.3 Å². The van der Waals surface area contributed by atoms with Crippen LogP contribution < -0.4 is 10.6 Å². The Kier molecular flexibility index (Phi) is 3.65. The molecule has 3 heteroatoms. The maximum Gasteiger partial charge on any atom is 0.257 e. The summed E-state index contributed by atoms with van der Waals surface area (Å²) in [5.41, 5.74) is 6.20. The molecule has 1 amide bonds. The van der Waals surface area contributed by atoms with Crippen LogP contribution in [0.15, 0.2) is 36.4 Å². The second kappa shape index (κ2) is 5.60. The molecule has 1 heterocycles. The standard InChI is InChI=1S/C18H20N2O/c1-12-8-9-15(11-13(12)2)20-18(21)16-7-3-5-14-6-4-10-19-17(14)16/h3,5,7-9,11,19H,4,6,10H2,1-2H3,(H,20,21). The van der Waals surface area contributed by atoms with Gasteiger partial charge in [-0.05, 0) is 61.6 Å². The number of hydrogen-bond acceptors (Lipinski definition) is 2. The molecule has 0 saturated carbocycles. The molecule has 21 heavy (non-hydrogen) atoms. The summed E-state index contributed by atoms with van der Waals surface area (Å²) < 4.78 is 0. The molecule has 0 atom stereocenters. The predicted molar refractivity (Wildman–Crippen MR) is 87.1 cm³/mol. The second-order valence-corrected chi connectivity index (χ2v) is 5.62. The Labute approximate surface area is 125 Å². The fourth-order valence-corrected chi connectivity index (χ4v) is 2.72. The van der Waals surface area contributed by atoms with E-state index in [0.29, 0.717) is 0 Å². The molecule has 2 N–H and O–H groups in total. The summed E-state index contributed by atoms with van der Waals surface area (Å²) in [5.74, 6) is -0.0514. The Morgan fingerprint density at radius 2 is 2.00 bits per heavy atom. The minimum Gasteiger partial charge on any atom is -0.384 e. The highest BCUT2D eigenvalue weighted by Crippen LogP contribution is 2.27. The molecule has 3 nitrogen and oxygen atoms in total. The van der Waals surface area contributed by atoms with Crippen molar-refractivity contribution in [3.8, 4) is 0 Å². The number of carbonyl (C=O) groups excluding carboxylic acids is 1. The van der Waals surface area contributed by atoms with Crippen LogP contribution >= 0.6 is 0 Å². The van der Waals surface area contributed by atoms with Crippen molar-refractivity contribution in [2.45, 2.75) is 26.7 Å². The zero-order valence-electron chi connectivity index (χ0n) is 12.5. The molecule has 0 aliphatic carbocycles. The maximum atomic E-state index is 12.5. The number of hydrogen-bond donors (Lipinski definition) is 2. The van der Waals surface area contributed by atoms with Gasteiger partial charge in [-0.2, -0.15) is 0 Å².